The van der Waals surface area contributed by atoms with Gasteiger partial charge in [-0.15, -0.1) is 0 Å². The lowest BCUT2D eigenvalue weighted by molar-refractivity contribution is -0.137. The first kappa shape index (κ1) is 25.0. The molecule has 0 heterocycles. The van der Waals surface area contributed by atoms with E-state index >= 15 is 0 Å². The van der Waals surface area contributed by atoms with Crippen LogP contribution in [-0.4, -0.2) is 31.9 Å². The molecule has 0 bridgehead atoms. The van der Waals surface area contributed by atoms with E-state index in [1.54, 1.807) is 0 Å². The Kier molecular flexibility index (Phi) is 18.0. The summed E-state index contributed by atoms with van der Waals surface area (Å²) in [4.78, 5) is 10.4. The number of carboxylic acid groups (broad SMARTS) is 1. The predicted molar refractivity (Wildman–Crippen MR) is 111 cm³/mol. The highest BCUT2D eigenvalue weighted by molar-refractivity contribution is 7.91. The average molecular weight is 385 g/mol. The van der Waals surface area contributed by atoms with Crippen LogP contribution in [0.25, 0.3) is 0 Å². The lowest BCUT2D eigenvalue weighted by atomic mass is 10.1. The molecule has 150 valence electrons. The minimum absolute atomic E-state index is 0.270. The summed E-state index contributed by atoms with van der Waals surface area (Å²) in [5, 5.41) is 18.3. The number of allylic oxidation sites excluding steroid dienone is 5. The van der Waals surface area contributed by atoms with Crippen LogP contribution < -0.4 is 0 Å². The van der Waals surface area contributed by atoms with E-state index in [4.69, 9.17) is 5.11 Å². The molecule has 0 amide bonds. The molecule has 5 heteroatoms. The van der Waals surface area contributed by atoms with Gasteiger partial charge in [-0.05, 0) is 56.1 Å². The lowest BCUT2D eigenvalue weighted by Gasteiger charge is -2.15. The third-order valence-corrected chi connectivity index (χ3v) is 5.39. The minimum Gasteiger partial charge on any atom is -0.614 e. The van der Waals surface area contributed by atoms with Crippen LogP contribution in [0.2, 0.25) is 0 Å². The Labute approximate surface area is 162 Å². The number of hydrogen-bond acceptors (Lipinski definition) is 3. The fraction of sp³-hybridized carbons (Fsp3) is 0.667. The molecular weight excluding hydrogens is 348 g/mol. The maximum absolute atomic E-state index is 11.8. The summed E-state index contributed by atoms with van der Waals surface area (Å²) in [6.07, 6.45) is 21.6. The van der Waals surface area contributed by atoms with Crippen molar-refractivity contribution in [3.8, 4) is 0 Å². The van der Waals surface area contributed by atoms with Gasteiger partial charge < -0.3 is 14.8 Å². The minimum atomic E-state index is -1.14. The van der Waals surface area contributed by atoms with E-state index < -0.39 is 22.6 Å². The Morgan fingerprint density at radius 1 is 0.962 bits per heavy atom. The van der Waals surface area contributed by atoms with Gasteiger partial charge in [-0.2, -0.15) is 0 Å². The SMILES string of the molecule is CCCCC[S+]([O-])C(O)C/C=C\C/C=C\C/C=C\CCCCCC(=O)O. The standard InChI is InChI=1S/C21H36O4S/c1-2-3-16-19-26(25)21(24)18-15-13-11-9-7-5-4-6-8-10-12-14-17-20(22)23/h4,6-7,9,13,15,21,24H,2-3,5,8,10-12,14,16-19H2,1H3,(H,22,23)/b6-4-,9-7-,15-13-. The maximum Gasteiger partial charge on any atom is 0.303 e. The monoisotopic (exact) mass is 384 g/mol. The quantitative estimate of drug-likeness (QED) is 0.207. The van der Waals surface area contributed by atoms with Crippen molar-refractivity contribution in [2.45, 2.75) is 83.0 Å². The molecular formula is C21H36O4S. The summed E-state index contributed by atoms with van der Waals surface area (Å²) in [6, 6.07) is 0. The number of carboxylic acids is 1. The average Bonchev–Trinajstić information content (AvgIpc) is 2.61. The molecule has 0 aliphatic rings. The van der Waals surface area contributed by atoms with E-state index in [2.05, 4.69) is 31.2 Å². The van der Waals surface area contributed by atoms with Crippen molar-refractivity contribution in [2.75, 3.05) is 5.75 Å². The molecule has 2 atom stereocenters. The Morgan fingerprint density at radius 3 is 2.27 bits per heavy atom. The van der Waals surface area contributed by atoms with E-state index in [1.165, 1.54) is 0 Å². The van der Waals surface area contributed by atoms with Crippen LogP contribution in [0.15, 0.2) is 36.5 Å². The first-order valence-corrected chi connectivity index (χ1v) is 11.2. The highest BCUT2D eigenvalue weighted by Crippen LogP contribution is 2.09. The number of aliphatic hydroxyl groups is 1. The highest BCUT2D eigenvalue weighted by atomic mass is 32.2. The number of aliphatic hydroxyl groups excluding tert-OH is 1. The van der Waals surface area contributed by atoms with Crippen molar-refractivity contribution in [3.63, 3.8) is 0 Å². The van der Waals surface area contributed by atoms with Crippen molar-refractivity contribution in [3.05, 3.63) is 36.5 Å². The van der Waals surface area contributed by atoms with Crippen molar-refractivity contribution in [1.82, 2.24) is 0 Å². The molecule has 4 nitrogen and oxygen atoms in total. The van der Waals surface area contributed by atoms with Crippen molar-refractivity contribution in [2.24, 2.45) is 0 Å². The largest absolute Gasteiger partial charge is 0.614 e. The van der Waals surface area contributed by atoms with Crippen LogP contribution in [0.5, 0.6) is 0 Å². The predicted octanol–water partition coefficient (Wildman–Crippen LogP) is 5.12. The topological polar surface area (TPSA) is 80.6 Å². The summed E-state index contributed by atoms with van der Waals surface area (Å²) < 4.78 is 11.8. The number of hydrogen-bond donors (Lipinski definition) is 2. The Hall–Kier alpha value is -1.04. The van der Waals surface area contributed by atoms with Crippen LogP contribution in [0.4, 0.5) is 0 Å². The molecule has 0 radical (unpaired) electrons. The van der Waals surface area contributed by atoms with Gasteiger partial charge in [0.1, 0.15) is 5.75 Å². The summed E-state index contributed by atoms with van der Waals surface area (Å²) >= 11 is -1.14. The molecule has 0 aromatic rings. The van der Waals surface area contributed by atoms with Gasteiger partial charge in [0.05, 0.1) is 0 Å². The summed E-state index contributed by atoms with van der Waals surface area (Å²) in [5.74, 6) is -0.122. The second-order valence-electron chi connectivity index (χ2n) is 6.36. The molecule has 0 saturated heterocycles. The van der Waals surface area contributed by atoms with Gasteiger partial charge >= 0.3 is 5.97 Å². The highest BCUT2D eigenvalue weighted by Gasteiger charge is 2.16. The number of rotatable bonds is 17. The first-order chi connectivity index (χ1) is 12.6. The molecule has 2 unspecified atom stereocenters. The van der Waals surface area contributed by atoms with Gasteiger partial charge in [0.15, 0.2) is 0 Å². The van der Waals surface area contributed by atoms with E-state index in [0.29, 0.717) is 12.2 Å². The van der Waals surface area contributed by atoms with Crippen molar-refractivity contribution >= 4 is 17.1 Å². The van der Waals surface area contributed by atoms with Gasteiger partial charge in [-0.3, -0.25) is 4.79 Å². The van der Waals surface area contributed by atoms with Gasteiger partial charge in [0.2, 0.25) is 5.44 Å². The fourth-order valence-corrected chi connectivity index (χ4v) is 3.41. The smallest absolute Gasteiger partial charge is 0.303 e. The molecule has 0 aromatic carbocycles. The third kappa shape index (κ3) is 17.8. The van der Waals surface area contributed by atoms with Crippen LogP contribution in [0, 0.1) is 0 Å². The Morgan fingerprint density at radius 2 is 1.62 bits per heavy atom. The molecule has 0 rings (SSSR count). The van der Waals surface area contributed by atoms with Crippen molar-refractivity contribution in [1.29, 1.82) is 0 Å². The van der Waals surface area contributed by atoms with Crippen molar-refractivity contribution < 1.29 is 19.6 Å². The number of unbranched alkanes of at least 4 members (excludes halogenated alkanes) is 5. The third-order valence-electron chi connectivity index (χ3n) is 3.90. The summed E-state index contributed by atoms with van der Waals surface area (Å²) in [5.41, 5.74) is -0.745. The zero-order valence-electron chi connectivity index (χ0n) is 16.1. The van der Waals surface area contributed by atoms with E-state index in [9.17, 15) is 14.5 Å². The molecule has 26 heavy (non-hydrogen) atoms. The van der Waals surface area contributed by atoms with Gasteiger partial charge in [0, 0.05) is 12.8 Å². The maximum atomic E-state index is 11.8. The number of aliphatic carboxylic acids is 1. The van der Waals surface area contributed by atoms with E-state index in [-0.39, 0.29) is 6.42 Å². The summed E-state index contributed by atoms with van der Waals surface area (Å²) in [6.45, 7) is 2.11. The molecule has 0 saturated carbocycles. The molecule has 0 aliphatic heterocycles. The van der Waals surface area contributed by atoms with Gasteiger partial charge in [-0.25, -0.2) is 0 Å². The van der Waals surface area contributed by atoms with Gasteiger partial charge in [-0.1, -0.05) is 56.2 Å². The Bertz CT molecular complexity index is 418. The zero-order chi connectivity index (χ0) is 19.5. The molecule has 0 aromatic heterocycles. The summed E-state index contributed by atoms with van der Waals surface area (Å²) in [7, 11) is 0. The number of carbonyl (C=O) groups is 1. The lowest BCUT2D eigenvalue weighted by Crippen LogP contribution is -2.23. The van der Waals surface area contributed by atoms with Gasteiger partial charge in [0.25, 0.3) is 0 Å². The van der Waals surface area contributed by atoms with E-state index in [1.807, 2.05) is 12.2 Å². The zero-order valence-corrected chi connectivity index (χ0v) is 17.0. The van der Waals surface area contributed by atoms with Crippen LogP contribution in [-0.2, 0) is 16.0 Å². The Balaban J connectivity index is 3.57. The molecule has 0 fully saturated rings. The normalized spacial score (nSPS) is 14.6. The molecule has 2 N–H and O–H groups in total. The molecule has 0 spiro atoms. The van der Waals surface area contributed by atoms with E-state index in [0.717, 1.165) is 57.8 Å². The second-order valence-corrected chi connectivity index (χ2v) is 8.07. The van der Waals surface area contributed by atoms with Crippen LogP contribution in [0.3, 0.4) is 0 Å². The van der Waals surface area contributed by atoms with Crippen LogP contribution >= 0.6 is 0 Å². The second kappa shape index (κ2) is 18.7. The molecule has 0 aliphatic carbocycles. The first-order valence-electron chi connectivity index (χ1n) is 9.80. The fourth-order valence-electron chi connectivity index (χ4n) is 2.33. The van der Waals surface area contributed by atoms with Crippen LogP contribution in [0.1, 0.15) is 77.6 Å².